The minimum atomic E-state index is -1.83. The summed E-state index contributed by atoms with van der Waals surface area (Å²) in [6.45, 7) is 37.4. The Labute approximate surface area is 427 Å². The Bertz CT molecular complexity index is 3440. The van der Waals surface area contributed by atoms with Gasteiger partial charge in [0.1, 0.15) is 0 Å². The summed E-state index contributed by atoms with van der Waals surface area (Å²) in [6, 6.07) is 43.2. The molecule has 2 aliphatic carbocycles. The Morgan fingerprint density at radius 3 is 1.83 bits per heavy atom. The molecule has 6 aliphatic rings. The van der Waals surface area contributed by atoms with Crippen molar-refractivity contribution in [1.82, 2.24) is 4.57 Å². The minimum absolute atomic E-state index is 0.0166. The van der Waals surface area contributed by atoms with Crippen LogP contribution >= 0.6 is 0 Å². The van der Waals surface area contributed by atoms with Crippen molar-refractivity contribution in [2.75, 3.05) is 9.80 Å². The summed E-state index contributed by atoms with van der Waals surface area (Å²) >= 11 is 0. The lowest BCUT2D eigenvalue weighted by atomic mass is 9.33. The standard InChI is InChI=1S/C66H78BN3Si/c1-60(2,3)42-25-27-53-47(33-42)48-34-44(62(7,8)9)36-51-58(48)68(53)55-37-45(69-54-28-26-43(61(4,5)6)35-49(54)63(10)29-19-20-30-64(63,69)11)38-56-57(55)67(51)52-40-46(71(13,14)15)39-50-59(52)70(56)65(12)31-21-22-32-66(50,65)41-23-17-16-18-24-41/h16-18,23-28,33-40H,19-22,29-32H2,1-15H3. The van der Waals surface area contributed by atoms with Crippen LogP contribution in [0.3, 0.4) is 0 Å². The van der Waals surface area contributed by atoms with Crippen LogP contribution in [0.4, 0.5) is 22.7 Å². The maximum atomic E-state index is 3.01. The second kappa shape index (κ2) is 14.2. The van der Waals surface area contributed by atoms with E-state index >= 15 is 0 Å². The van der Waals surface area contributed by atoms with Crippen LogP contribution in [-0.2, 0) is 27.1 Å². The number of hydrogen-bond donors (Lipinski definition) is 0. The van der Waals surface area contributed by atoms with Gasteiger partial charge in [-0.25, -0.2) is 0 Å². The summed E-state index contributed by atoms with van der Waals surface area (Å²) in [5.74, 6) is 0. The van der Waals surface area contributed by atoms with E-state index in [4.69, 9.17) is 0 Å². The van der Waals surface area contributed by atoms with Gasteiger partial charge >= 0.3 is 0 Å². The number of benzene rings is 6. The Balaban J connectivity index is 1.22. The fraction of sp³-hybridized carbons (Fsp3) is 0.455. The van der Waals surface area contributed by atoms with E-state index in [2.05, 4.69) is 220 Å². The topological polar surface area (TPSA) is 11.4 Å². The normalized spacial score (nSPS) is 25.4. The number of aromatic nitrogens is 1. The molecule has 71 heavy (non-hydrogen) atoms. The highest BCUT2D eigenvalue weighted by Crippen LogP contribution is 2.66. The van der Waals surface area contributed by atoms with Gasteiger partial charge < -0.3 is 14.4 Å². The summed E-state index contributed by atoms with van der Waals surface area (Å²) in [5.41, 5.74) is 22.9. The number of fused-ring (bicyclic) bond motifs is 13. The quantitative estimate of drug-likeness (QED) is 0.164. The van der Waals surface area contributed by atoms with Crippen LogP contribution in [0, 0.1) is 0 Å². The van der Waals surface area contributed by atoms with Gasteiger partial charge in [-0.05, 0) is 142 Å². The lowest BCUT2D eigenvalue weighted by molar-refractivity contribution is 0.194. The van der Waals surface area contributed by atoms with Crippen molar-refractivity contribution in [1.29, 1.82) is 0 Å². The first kappa shape index (κ1) is 45.8. The largest absolute Gasteiger partial charge is 0.335 e. The zero-order valence-corrected chi connectivity index (χ0v) is 46.9. The fourth-order valence-electron chi connectivity index (χ4n) is 16.0. The molecule has 0 N–H and O–H groups in total. The van der Waals surface area contributed by atoms with Crippen molar-refractivity contribution in [2.45, 2.75) is 192 Å². The Hall–Kier alpha value is -5.00. The van der Waals surface area contributed by atoms with Gasteiger partial charge in [-0.3, -0.25) is 0 Å². The summed E-state index contributed by atoms with van der Waals surface area (Å²) < 4.78 is 2.78. The Kier molecular flexibility index (Phi) is 9.16. The summed E-state index contributed by atoms with van der Waals surface area (Å²) in [5, 5.41) is 4.38. The Morgan fingerprint density at radius 1 is 0.521 bits per heavy atom. The molecule has 5 heterocycles. The van der Waals surface area contributed by atoms with Crippen LogP contribution in [0.15, 0.2) is 103 Å². The smallest absolute Gasteiger partial charge is 0.252 e. The molecule has 2 fully saturated rings. The molecule has 3 nitrogen and oxygen atoms in total. The SMILES string of the molecule is CC(C)(C)c1ccc2c(c1)C1(C)CCCCC1(C)N2c1cc2c3c(c1)-n1c4ccc(C(C)(C)C)cc4c4cc(C(C)(C)C)cc(c41)B3c1cc([Si](C)(C)C)cc3c1N2C1(C)CCCCC31c1ccccc1. The van der Waals surface area contributed by atoms with Gasteiger partial charge in [0.05, 0.1) is 24.7 Å². The maximum Gasteiger partial charge on any atom is 0.252 e. The lowest BCUT2D eigenvalue weighted by Gasteiger charge is -2.54. The van der Waals surface area contributed by atoms with E-state index in [0.717, 1.165) is 12.8 Å². The van der Waals surface area contributed by atoms with Gasteiger partial charge in [-0.1, -0.05) is 186 Å². The molecule has 364 valence electrons. The van der Waals surface area contributed by atoms with Crippen LogP contribution < -0.4 is 31.4 Å². The highest BCUT2D eigenvalue weighted by Gasteiger charge is 2.65. The van der Waals surface area contributed by atoms with Gasteiger partial charge in [0.25, 0.3) is 6.71 Å². The molecule has 0 amide bonds. The van der Waals surface area contributed by atoms with Crippen molar-refractivity contribution in [2.24, 2.45) is 0 Å². The van der Waals surface area contributed by atoms with E-state index in [1.807, 2.05) is 0 Å². The van der Waals surface area contributed by atoms with E-state index in [1.54, 1.807) is 21.8 Å². The van der Waals surface area contributed by atoms with E-state index in [9.17, 15) is 0 Å². The van der Waals surface area contributed by atoms with Gasteiger partial charge in [-0.2, -0.15) is 0 Å². The molecule has 1 aromatic heterocycles. The third-order valence-electron chi connectivity index (χ3n) is 20.2. The molecule has 5 heteroatoms. The molecule has 4 atom stereocenters. The summed E-state index contributed by atoms with van der Waals surface area (Å²) in [7, 11) is -1.83. The van der Waals surface area contributed by atoms with Crippen molar-refractivity contribution in [3.8, 4) is 5.69 Å². The van der Waals surface area contributed by atoms with Crippen molar-refractivity contribution >= 4 is 80.9 Å². The van der Waals surface area contributed by atoms with Gasteiger partial charge in [0.15, 0.2) is 0 Å². The number of nitrogens with zero attached hydrogens (tertiary/aromatic N) is 3. The Morgan fingerprint density at radius 2 is 1.14 bits per heavy atom. The number of anilines is 4. The first-order chi connectivity index (χ1) is 33.3. The van der Waals surface area contributed by atoms with Crippen LogP contribution in [0.2, 0.25) is 19.6 Å². The molecule has 0 spiro atoms. The highest BCUT2D eigenvalue weighted by molar-refractivity contribution is 7.01. The first-order valence-electron chi connectivity index (χ1n) is 27.6. The average Bonchev–Trinajstić information content (AvgIpc) is 3.85. The van der Waals surface area contributed by atoms with Gasteiger partial charge in [0.2, 0.25) is 0 Å². The predicted octanol–water partition coefficient (Wildman–Crippen LogP) is 14.9. The van der Waals surface area contributed by atoms with Crippen molar-refractivity contribution in [3.05, 3.63) is 137 Å². The molecule has 0 saturated heterocycles. The minimum Gasteiger partial charge on any atom is -0.335 e. The summed E-state index contributed by atoms with van der Waals surface area (Å²) in [4.78, 5) is 5.91. The third-order valence-corrected chi connectivity index (χ3v) is 22.2. The zero-order valence-electron chi connectivity index (χ0n) is 45.9. The van der Waals surface area contributed by atoms with Crippen molar-refractivity contribution < 1.29 is 0 Å². The lowest BCUT2D eigenvalue weighted by Crippen LogP contribution is -2.65. The van der Waals surface area contributed by atoms with Crippen molar-refractivity contribution in [3.63, 3.8) is 0 Å². The predicted molar refractivity (Wildman–Crippen MR) is 310 cm³/mol. The highest BCUT2D eigenvalue weighted by atomic mass is 28.3. The maximum absolute atomic E-state index is 3.01. The third kappa shape index (κ3) is 5.80. The molecule has 4 unspecified atom stereocenters. The molecule has 0 bridgehead atoms. The second-order valence-corrected chi connectivity index (χ2v) is 33.4. The molecule has 2 saturated carbocycles. The van der Waals surface area contributed by atoms with Crippen LogP contribution in [-0.4, -0.2) is 30.4 Å². The van der Waals surface area contributed by atoms with E-state index in [1.165, 1.54) is 122 Å². The van der Waals surface area contributed by atoms with Crippen LogP contribution in [0.25, 0.3) is 27.5 Å². The monoisotopic (exact) mass is 952 g/mol. The molecule has 6 aromatic carbocycles. The molecule has 13 rings (SSSR count). The van der Waals surface area contributed by atoms with Crippen LogP contribution in [0.5, 0.6) is 0 Å². The molecule has 4 aliphatic heterocycles. The number of rotatable bonds is 3. The van der Waals surface area contributed by atoms with E-state index in [0.29, 0.717) is 0 Å². The van der Waals surface area contributed by atoms with E-state index in [-0.39, 0.29) is 44.9 Å². The summed E-state index contributed by atoms with van der Waals surface area (Å²) in [6.07, 6.45) is 9.71. The molecule has 0 radical (unpaired) electrons. The van der Waals surface area contributed by atoms with Gasteiger partial charge in [-0.15, -0.1) is 0 Å². The molecular weight excluding hydrogens is 874 g/mol. The van der Waals surface area contributed by atoms with Gasteiger partial charge in [0, 0.05) is 55.6 Å². The zero-order chi connectivity index (χ0) is 50.0. The van der Waals surface area contributed by atoms with E-state index < -0.39 is 8.07 Å². The number of hydrogen-bond acceptors (Lipinski definition) is 2. The molecule has 7 aromatic rings. The second-order valence-electron chi connectivity index (χ2n) is 28.3. The van der Waals surface area contributed by atoms with Crippen LogP contribution in [0.1, 0.15) is 168 Å². The molecular formula is C66H78BN3Si. The first-order valence-corrected chi connectivity index (χ1v) is 31.1. The average molecular weight is 952 g/mol. The fourth-order valence-corrected chi connectivity index (χ4v) is 17.1.